The standard InChI is InChI=1S/C27H35FN4O3/c1-33-20-8-5-17(6-9-20)25-27(35-25)32-15-18-4-3-12-29-26(18)30-22-10-7-19(14-23(22)32)31-13-11-21(28)24(16-31)34-2/h3-4,7,10,12,14,17,20-21,24-25,27H,5-6,8-9,11,13,15-16H2,1-2H3,(H,29,30)/t17-,20-,21-,24-,25?,27?/m0/s1. The maximum Gasteiger partial charge on any atom is 0.157 e. The molecular weight excluding hydrogens is 447 g/mol. The zero-order chi connectivity index (χ0) is 23.9. The molecule has 1 aliphatic carbocycles. The number of methoxy groups -OCH3 is 2. The van der Waals surface area contributed by atoms with Crippen molar-refractivity contribution in [3.63, 3.8) is 0 Å². The van der Waals surface area contributed by atoms with Crippen molar-refractivity contribution >= 4 is 22.9 Å². The number of rotatable bonds is 5. The molecule has 2 saturated heterocycles. The van der Waals surface area contributed by atoms with Gasteiger partial charge in [0.25, 0.3) is 0 Å². The minimum atomic E-state index is -0.912. The lowest BCUT2D eigenvalue weighted by atomic mass is 9.85. The van der Waals surface area contributed by atoms with E-state index in [0.717, 1.165) is 60.7 Å². The summed E-state index contributed by atoms with van der Waals surface area (Å²) in [5.41, 5.74) is 4.36. The molecular formula is C27H35FN4O3. The molecule has 35 heavy (non-hydrogen) atoms. The molecule has 2 unspecified atom stereocenters. The maximum absolute atomic E-state index is 14.3. The highest BCUT2D eigenvalue weighted by molar-refractivity contribution is 5.81. The lowest BCUT2D eigenvalue weighted by Crippen LogP contribution is -2.46. The van der Waals surface area contributed by atoms with Gasteiger partial charge in [-0.25, -0.2) is 9.37 Å². The Morgan fingerprint density at radius 3 is 2.74 bits per heavy atom. The van der Waals surface area contributed by atoms with E-state index in [1.807, 2.05) is 19.4 Å². The van der Waals surface area contributed by atoms with E-state index in [0.29, 0.717) is 31.5 Å². The summed E-state index contributed by atoms with van der Waals surface area (Å²) in [6.45, 7) is 1.96. The molecule has 2 aromatic rings. The molecule has 4 heterocycles. The molecule has 8 heteroatoms. The molecule has 4 aliphatic rings. The molecule has 1 saturated carbocycles. The number of halogens is 1. The Hall–Kier alpha value is -2.42. The first-order valence-corrected chi connectivity index (χ1v) is 12.9. The number of pyridine rings is 1. The van der Waals surface area contributed by atoms with Crippen molar-refractivity contribution in [3.05, 3.63) is 42.1 Å². The Morgan fingerprint density at radius 2 is 1.94 bits per heavy atom. The van der Waals surface area contributed by atoms with Gasteiger partial charge in [-0.1, -0.05) is 6.07 Å². The van der Waals surface area contributed by atoms with E-state index in [-0.39, 0.29) is 12.3 Å². The van der Waals surface area contributed by atoms with E-state index >= 15 is 0 Å². The van der Waals surface area contributed by atoms with Gasteiger partial charge >= 0.3 is 0 Å². The van der Waals surface area contributed by atoms with E-state index in [9.17, 15) is 4.39 Å². The number of aromatic nitrogens is 1. The third-order valence-corrected chi connectivity index (χ3v) is 8.25. The number of benzene rings is 1. The molecule has 1 N–H and O–H groups in total. The molecule has 1 aromatic carbocycles. The topological polar surface area (TPSA) is 62.4 Å². The number of nitrogens with zero attached hydrogens (tertiary/aromatic N) is 3. The summed E-state index contributed by atoms with van der Waals surface area (Å²) in [4.78, 5) is 9.22. The monoisotopic (exact) mass is 482 g/mol. The van der Waals surface area contributed by atoms with Crippen LogP contribution in [0.25, 0.3) is 0 Å². The largest absolute Gasteiger partial charge is 0.381 e. The SMILES string of the molecule is CO[C@H]1CN(c2ccc3c(c2)N(C2OC2[C@H]2CC[C@H](OC)CC2)Cc2cccnc2N3)CC[C@@H]1F. The number of anilines is 4. The molecule has 0 radical (unpaired) electrons. The van der Waals surface area contributed by atoms with Crippen LogP contribution in [-0.2, 0) is 20.8 Å². The molecule has 0 amide bonds. The van der Waals surface area contributed by atoms with Gasteiger partial charge in [-0.3, -0.25) is 0 Å². The third kappa shape index (κ3) is 4.47. The van der Waals surface area contributed by atoms with Crippen molar-refractivity contribution in [3.8, 4) is 0 Å². The van der Waals surface area contributed by atoms with Gasteiger partial charge in [0.15, 0.2) is 6.23 Å². The molecule has 1 aromatic heterocycles. The lowest BCUT2D eigenvalue weighted by Gasteiger charge is -2.36. The Morgan fingerprint density at radius 1 is 1.09 bits per heavy atom. The van der Waals surface area contributed by atoms with Crippen LogP contribution in [0.2, 0.25) is 0 Å². The first-order chi connectivity index (χ1) is 17.1. The van der Waals surface area contributed by atoms with E-state index in [4.69, 9.17) is 14.2 Å². The van der Waals surface area contributed by atoms with Gasteiger partial charge in [-0.15, -0.1) is 0 Å². The summed E-state index contributed by atoms with van der Waals surface area (Å²) in [6.07, 6.45) is 6.16. The minimum Gasteiger partial charge on any atom is -0.381 e. The molecule has 6 rings (SSSR count). The van der Waals surface area contributed by atoms with Crippen LogP contribution < -0.4 is 15.1 Å². The maximum atomic E-state index is 14.3. The van der Waals surface area contributed by atoms with Gasteiger partial charge < -0.3 is 29.3 Å². The van der Waals surface area contributed by atoms with Gasteiger partial charge in [0.05, 0.1) is 17.5 Å². The van der Waals surface area contributed by atoms with Crippen molar-refractivity contribution in [1.29, 1.82) is 0 Å². The van der Waals surface area contributed by atoms with Crippen molar-refractivity contribution in [1.82, 2.24) is 4.98 Å². The second kappa shape index (κ2) is 9.56. The van der Waals surface area contributed by atoms with Crippen LogP contribution in [0.15, 0.2) is 36.5 Å². The zero-order valence-corrected chi connectivity index (χ0v) is 20.5. The van der Waals surface area contributed by atoms with E-state index in [2.05, 4.69) is 44.4 Å². The van der Waals surface area contributed by atoms with E-state index in [1.165, 1.54) is 0 Å². The molecule has 3 fully saturated rings. The minimum absolute atomic E-state index is 0.0457. The average Bonchev–Trinajstić information content (AvgIpc) is 3.71. The highest BCUT2D eigenvalue weighted by Crippen LogP contribution is 2.46. The number of epoxide rings is 1. The normalized spacial score (nSPS) is 32.3. The van der Waals surface area contributed by atoms with Gasteiger partial charge in [-0.05, 0) is 62.3 Å². The summed E-state index contributed by atoms with van der Waals surface area (Å²) in [5, 5.41) is 3.55. The Kier molecular flexibility index (Phi) is 6.28. The van der Waals surface area contributed by atoms with Crippen LogP contribution in [0.1, 0.15) is 37.7 Å². The number of alkyl halides is 1. The first kappa shape index (κ1) is 23.0. The molecule has 188 valence electrons. The fraction of sp³-hybridized carbons (Fsp3) is 0.593. The predicted octanol–water partition coefficient (Wildman–Crippen LogP) is 4.64. The van der Waals surface area contributed by atoms with Crippen molar-refractivity contribution < 1.29 is 18.6 Å². The fourth-order valence-electron chi connectivity index (χ4n) is 6.07. The van der Waals surface area contributed by atoms with E-state index in [1.54, 1.807) is 7.11 Å². The summed E-state index contributed by atoms with van der Waals surface area (Å²) in [6, 6.07) is 10.6. The van der Waals surface area contributed by atoms with E-state index < -0.39 is 12.3 Å². The van der Waals surface area contributed by atoms with Gasteiger partial charge in [0.1, 0.15) is 24.2 Å². The summed E-state index contributed by atoms with van der Waals surface area (Å²) in [5.74, 6) is 1.45. The Labute approximate surface area is 206 Å². The number of piperidine rings is 1. The van der Waals surface area contributed by atoms with Gasteiger partial charge in [0.2, 0.25) is 0 Å². The van der Waals surface area contributed by atoms with Crippen LogP contribution in [0, 0.1) is 5.92 Å². The fourth-order valence-corrected chi connectivity index (χ4v) is 6.07. The quantitative estimate of drug-likeness (QED) is 0.623. The molecule has 4 atom stereocenters. The molecule has 3 aliphatic heterocycles. The van der Waals surface area contributed by atoms with Crippen molar-refractivity contribution in [2.24, 2.45) is 5.92 Å². The second-order valence-electron chi connectivity index (χ2n) is 10.3. The summed E-state index contributed by atoms with van der Waals surface area (Å²) < 4.78 is 31.6. The first-order valence-electron chi connectivity index (χ1n) is 12.9. The number of fused-ring (bicyclic) bond motifs is 2. The smallest absolute Gasteiger partial charge is 0.157 e. The van der Waals surface area contributed by atoms with Crippen LogP contribution in [-0.4, -0.2) is 63.0 Å². The van der Waals surface area contributed by atoms with Crippen molar-refractivity contribution in [2.75, 3.05) is 42.4 Å². The Balaban J connectivity index is 1.28. The van der Waals surface area contributed by atoms with Crippen molar-refractivity contribution in [2.45, 2.75) is 69.4 Å². The highest BCUT2D eigenvalue weighted by Gasteiger charge is 2.50. The van der Waals surface area contributed by atoms with Crippen LogP contribution >= 0.6 is 0 Å². The highest BCUT2D eigenvalue weighted by atomic mass is 19.1. The summed E-state index contributed by atoms with van der Waals surface area (Å²) in [7, 11) is 3.41. The van der Waals surface area contributed by atoms with Crippen LogP contribution in [0.5, 0.6) is 0 Å². The molecule has 0 spiro atoms. The Bertz CT molecular complexity index is 1050. The third-order valence-electron chi connectivity index (χ3n) is 8.25. The average molecular weight is 483 g/mol. The number of ether oxygens (including phenoxy) is 3. The zero-order valence-electron chi connectivity index (χ0n) is 20.5. The number of nitrogens with one attached hydrogen (secondary N) is 1. The van der Waals surface area contributed by atoms with Crippen LogP contribution in [0.4, 0.5) is 27.3 Å². The molecule has 0 bridgehead atoms. The lowest BCUT2D eigenvalue weighted by molar-refractivity contribution is 0.0232. The predicted molar refractivity (Wildman–Crippen MR) is 134 cm³/mol. The number of hydrogen-bond donors (Lipinski definition) is 1. The number of hydrogen-bond acceptors (Lipinski definition) is 7. The van der Waals surface area contributed by atoms with Gasteiger partial charge in [-0.2, -0.15) is 0 Å². The molecule has 7 nitrogen and oxygen atoms in total. The van der Waals surface area contributed by atoms with Gasteiger partial charge in [0, 0.05) is 51.3 Å². The van der Waals surface area contributed by atoms with Crippen LogP contribution in [0.3, 0.4) is 0 Å². The second-order valence-corrected chi connectivity index (χ2v) is 10.3. The summed E-state index contributed by atoms with van der Waals surface area (Å²) >= 11 is 0.